The first-order valence-corrected chi connectivity index (χ1v) is 6.02. The zero-order valence-electron chi connectivity index (χ0n) is 8.69. The molecule has 1 heterocycles. The van der Waals surface area contributed by atoms with Crippen molar-refractivity contribution in [3.63, 3.8) is 0 Å². The summed E-state index contributed by atoms with van der Waals surface area (Å²) in [4.78, 5) is 8.08. The Labute approximate surface area is 95.3 Å². The maximum Gasteiger partial charge on any atom is 0.129 e. The van der Waals surface area contributed by atoms with Gasteiger partial charge in [-0.15, -0.1) is 11.6 Å². The van der Waals surface area contributed by atoms with Crippen LogP contribution >= 0.6 is 11.6 Å². The van der Waals surface area contributed by atoms with Gasteiger partial charge in [0.05, 0.1) is 0 Å². The standard InChI is InChI=1S/C11H16ClN3/c12-7-9-3-1-2-4-10(9)15-11-5-6-13-8-14-11/h5-6,8-10H,1-4,7H2,(H,13,14,15). The average Bonchev–Trinajstić information content (AvgIpc) is 2.31. The Morgan fingerprint density at radius 1 is 1.40 bits per heavy atom. The van der Waals surface area contributed by atoms with Gasteiger partial charge in [-0.05, 0) is 24.8 Å². The minimum atomic E-state index is 0.478. The Morgan fingerprint density at radius 2 is 2.27 bits per heavy atom. The van der Waals surface area contributed by atoms with Crippen LogP contribution in [-0.4, -0.2) is 21.9 Å². The van der Waals surface area contributed by atoms with Crippen LogP contribution < -0.4 is 5.32 Å². The van der Waals surface area contributed by atoms with Crippen molar-refractivity contribution in [1.82, 2.24) is 9.97 Å². The third-order valence-corrected chi connectivity index (χ3v) is 3.42. The number of alkyl halides is 1. The van der Waals surface area contributed by atoms with Gasteiger partial charge in [0, 0.05) is 18.1 Å². The van der Waals surface area contributed by atoms with Crippen LogP contribution in [0.25, 0.3) is 0 Å². The number of nitrogens with zero attached hydrogens (tertiary/aromatic N) is 2. The first-order valence-electron chi connectivity index (χ1n) is 5.48. The van der Waals surface area contributed by atoms with Gasteiger partial charge < -0.3 is 5.32 Å². The zero-order valence-corrected chi connectivity index (χ0v) is 9.45. The minimum Gasteiger partial charge on any atom is -0.367 e. The second-order valence-corrected chi connectivity index (χ2v) is 4.35. The fourth-order valence-corrected chi connectivity index (χ4v) is 2.52. The van der Waals surface area contributed by atoms with Crippen LogP contribution in [-0.2, 0) is 0 Å². The molecule has 0 spiro atoms. The van der Waals surface area contributed by atoms with Crippen molar-refractivity contribution in [1.29, 1.82) is 0 Å². The molecule has 0 radical (unpaired) electrons. The molecule has 4 heteroatoms. The van der Waals surface area contributed by atoms with Gasteiger partial charge in [0.1, 0.15) is 12.1 Å². The number of aromatic nitrogens is 2. The predicted molar refractivity (Wildman–Crippen MR) is 62.1 cm³/mol. The van der Waals surface area contributed by atoms with E-state index in [0.717, 1.165) is 11.7 Å². The van der Waals surface area contributed by atoms with Gasteiger partial charge in [0.2, 0.25) is 0 Å². The van der Waals surface area contributed by atoms with Gasteiger partial charge >= 0.3 is 0 Å². The molecule has 0 amide bonds. The lowest BCUT2D eigenvalue weighted by Gasteiger charge is -2.31. The lowest BCUT2D eigenvalue weighted by atomic mass is 9.86. The second kappa shape index (κ2) is 5.31. The Hall–Kier alpha value is -0.830. The van der Waals surface area contributed by atoms with E-state index in [1.807, 2.05) is 6.07 Å². The number of anilines is 1. The maximum absolute atomic E-state index is 5.97. The van der Waals surface area contributed by atoms with Crippen molar-refractivity contribution in [3.8, 4) is 0 Å². The van der Waals surface area contributed by atoms with Crippen LogP contribution in [0.4, 0.5) is 5.82 Å². The smallest absolute Gasteiger partial charge is 0.129 e. The molecule has 0 aliphatic heterocycles. The van der Waals surface area contributed by atoms with E-state index in [1.165, 1.54) is 25.7 Å². The summed E-state index contributed by atoms with van der Waals surface area (Å²) < 4.78 is 0. The Balaban J connectivity index is 1.97. The Bertz CT molecular complexity index is 291. The number of hydrogen-bond donors (Lipinski definition) is 1. The van der Waals surface area contributed by atoms with Gasteiger partial charge in [-0.2, -0.15) is 0 Å². The van der Waals surface area contributed by atoms with E-state index in [1.54, 1.807) is 12.5 Å². The second-order valence-electron chi connectivity index (χ2n) is 4.04. The Kier molecular flexibility index (Phi) is 3.78. The molecule has 1 N–H and O–H groups in total. The van der Waals surface area contributed by atoms with Gasteiger partial charge in [-0.25, -0.2) is 9.97 Å². The number of rotatable bonds is 3. The molecule has 2 unspecified atom stereocenters. The van der Waals surface area contributed by atoms with E-state index in [2.05, 4.69) is 15.3 Å². The summed E-state index contributed by atoms with van der Waals surface area (Å²) in [6, 6.07) is 2.38. The monoisotopic (exact) mass is 225 g/mol. The number of halogens is 1. The van der Waals surface area contributed by atoms with Crippen molar-refractivity contribution >= 4 is 17.4 Å². The normalized spacial score (nSPS) is 26.2. The summed E-state index contributed by atoms with van der Waals surface area (Å²) in [6.07, 6.45) is 8.35. The zero-order chi connectivity index (χ0) is 10.5. The van der Waals surface area contributed by atoms with Crippen LogP contribution in [0, 0.1) is 5.92 Å². The van der Waals surface area contributed by atoms with E-state index in [9.17, 15) is 0 Å². The topological polar surface area (TPSA) is 37.8 Å². The van der Waals surface area contributed by atoms with Crippen molar-refractivity contribution in [2.24, 2.45) is 5.92 Å². The minimum absolute atomic E-state index is 0.478. The molecule has 0 aromatic carbocycles. The first-order chi connectivity index (χ1) is 7.40. The molecule has 1 aromatic heterocycles. The van der Waals surface area contributed by atoms with Gasteiger partial charge in [-0.3, -0.25) is 0 Å². The van der Waals surface area contributed by atoms with Crippen LogP contribution in [0.5, 0.6) is 0 Å². The largest absolute Gasteiger partial charge is 0.367 e. The highest BCUT2D eigenvalue weighted by molar-refractivity contribution is 6.18. The summed E-state index contributed by atoms with van der Waals surface area (Å²) in [5.74, 6) is 2.23. The third kappa shape index (κ3) is 2.81. The highest BCUT2D eigenvalue weighted by atomic mass is 35.5. The molecule has 1 aromatic rings. The van der Waals surface area contributed by atoms with Crippen molar-refractivity contribution in [2.45, 2.75) is 31.7 Å². The van der Waals surface area contributed by atoms with Crippen molar-refractivity contribution in [3.05, 3.63) is 18.6 Å². The molecule has 1 fully saturated rings. The first kappa shape index (κ1) is 10.7. The van der Waals surface area contributed by atoms with Crippen LogP contribution in [0.15, 0.2) is 18.6 Å². The highest BCUT2D eigenvalue weighted by Crippen LogP contribution is 2.27. The molecular formula is C11H16ClN3. The van der Waals surface area contributed by atoms with E-state index in [0.29, 0.717) is 12.0 Å². The fraction of sp³-hybridized carbons (Fsp3) is 0.636. The SMILES string of the molecule is ClCC1CCCCC1Nc1ccncn1. The van der Waals surface area contributed by atoms with Crippen molar-refractivity contribution < 1.29 is 0 Å². The molecule has 0 saturated heterocycles. The maximum atomic E-state index is 5.97. The van der Waals surface area contributed by atoms with E-state index in [4.69, 9.17) is 11.6 Å². The van der Waals surface area contributed by atoms with Crippen molar-refractivity contribution in [2.75, 3.05) is 11.2 Å². The number of hydrogen-bond acceptors (Lipinski definition) is 3. The van der Waals surface area contributed by atoms with E-state index < -0.39 is 0 Å². The fourth-order valence-electron chi connectivity index (χ4n) is 2.15. The molecule has 2 atom stereocenters. The predicted octanol–water partition coefficient (Wildman–Crippen LogP) is 2.69. The summed E-state index contributed by atoms with van der Waals surface area (Å²) >= 11 is 5.97. The molecule has 3 nitrogen and oxygen atoms in total. The molecule has 0 bridgehead atoms. The third-order valence-electron chi connectivity index (χ3n) is 3.02. The summed E-state index contributed by atoms with van der Waals surface area (Å²) in [7, 11) is 0. The Morgan fingerprint density at radius 3 is 3.00 bits per heavy atom. The molecule has 82 valence electrons. The summed E-state index contributed by atoms with van der Waals surface area (Å²) in [6.45, 7) is 0. The van der Waals surface area contributed by atoms with Crippen LogP contribution in [0.3, 0.4) is 0 Å². The summed E-state index contributed by atoms with van der Waals surface area (Å²) in [5, 5.41) is 3.45. The molecular weight excluding hydrogens is 210 g/mol. The van der Waals surface area contributed by atoms with Gasteiger partial charge in [0.25, 0.3) is 0 Å². The van der Waals surface area contributed by atoms with Gasteiger partial charge in [-0.1, -0.05) is 12.8 Å². The van der Waals surface area contributed by atoms with E-state index in [-0.39, 0.29) is 0 Å². The average molecular weight is 226 g/mol. The molecule has 2 rings (SSSR count). The molecule has 1 aliphatic carbocycles. The lowest BCUT2D eigenvalue weighted by Crippen LogP contribution is -2.33. The summed E-state index contributed by atoms with van der Waals surface area (Å²) in [5.41, 5.74) is 0. The quantitative estimate of drug-likeness (QED) is 0.804. The van der Waals surface area contributed by atoms with E-state index >= 15 is 0 Å². The van der Waals surface area contributed by atoms with Crippen LogP contribution in [0.1, 0.15) is 25.7 Å². The lowest BCUT2D eigenvalue weighted by molar-refractivity contribution is 0.352. The molecule has 15 heavy (non-hydrogen) atoms. The molecule has 1 aliphatic rings. The number of nitrogens with one attached hydrogen (secondary N) is 1. The van der Waals surface area contributed by atoms with Gasteiger partial charge in [0.15, 0.2) is 0 Å². The molecule has 1 saturated carbocycles. The van der Waals surface area contributed by atoms with Crippen LogP contribution in [0.2, 0.25) is 0 Å². The highest BCUT2D eigenvalue weighted by Gasteiger charge is 2.24.